The van der Waals surface area contributed by atoms with Gasteiger partial charge in [-0.3, -0.25) is 11.3 Å². The molecule has 0 aromatic heterocycles. The molecule has 0 saturated heterocycles. The fourth-order valence-electron chi connectivity index (χ4n) is 1.47. The Morgan fingerprint density at radius 3 is 2.61 bits per heavy atom. The number of halogens is 2. The maximum Gasteiger partial charge on any atom is 0.127 e. The highest BCUT2D eigenvalue weighted by Crippen LogP contribution is 2.25. The predicted octanol–water partition coefficient (Wildman–Crippen LogP) is 3.49. The first-order valence-electron chi connectivity index (χ1n) is 5.86. The Kier molecular flexibility index (Phi) is 6.11. The molecule has 1 aromatic rings. The van der Waals surface area contributed by atoms with Crippen molar-refractivity contribution < 1.29 is 4.39 Å². The second-order valence-electron chi connectivity index (χ2n) is 5.23. The molecule has 0 saturated carbocycles. The van der Waals surface area contributed by atoms with Gasteiger partial charge in [0.25, 0.3) is 0 Å². The largest absolute Gasteiger partial charge is 0.271 e. The van der Waals surface area contributed by atoms with Gasteiger partial charge >= 0.3 is 0 Å². The summed E-state index contributed by atoms with van der Waals surface area (Å²) in [5, 5.41) is 0. The molecule has 3 N–H and O–H groups in total. The quantitative estimate of drug-likeness (QED) is 0.639. The van der Waals surface area contributed by atoms with Gasteiger partial charge in [0.1, 0.15) is 5.82 Å². The van der Waals surface area contributed by atoms with Crippen LogP contribution in [0, 0.1) is 5.82 Å². The minimum atomic E-state index is -0.189. The maximum atomic E-state index is 13.7. The summed E-state index contributed by atoms with van der Waals surface area (Å²) in [7, 11) is 0. The van der Waals surface area contributed by atoms with Crippen molar-refractivity contribution in [3.63, 3.8) is 0 Å². The lowest BCUT2D eigenvalue weighted by molar-refractivity contribution is 0.545. The highest BCUT2D eigenvalue weighted by Gasteiger charge is 2.16. The third kappa shape index (κ3) is 5.69. The molecule has 0 spiro atoms. The summed E-state index contributed by atoms with van der Waals surface area (Å²) in [4.78, 5) is 0. The number of hydrogen-bond donors (Lipinski definition) is 2. The molecule has 0 bridgehead atoms. The Morgan fingerprint density at radius 2 is 2.11 bits per heavy atom. The third-order valence-corrected chi connectivity index (χ3v) is 4.36. The van der Waals surface area contributed by atoms with Gasteiger partial charge in [-0.15, -0.1) is 0 Å². The highest BCUT2D eigenvalue weighted by atomic mass is 79.9. The normalized spacial score (nSPS) is 13.7. The zero-order valence-electron chi connectivity index (χ0n) is 11.0. The standard InChI is InChI=1S/C13H20BrFN2S/c1-13(2,3)18-8-11(17-16)6-9-4-5-10(14)7-12(9)15/h4-5,7,11,17H,6,8,16H2,1-3H3. The summed E-state index contributed by atoms with van der Waals surface area (Å²) < 4.78 is 14.7. The number of benzene rings is 1. The van der Waals surface area contributed by atoms with E-state index in [9.17, 15) is 4.39 Å². The zero-order valence-corrected chi connectivity index (χ0v) is 13.4. The van der Waals surface area contributed by atoms with E-state index in [0.29, 0.717) is 12.0 Å². The average molecular weight is 335 g/mol. The van der Waals surface area contributed by atoms with Gasteiger partial charge in [0, 0.05) is 21.0 Å². The first-order chi connectivity index (χ1) is 8.31. The lowest BCUT2D eigenvalue weighted by Crippen LogP contribution is -2.39. The predicted molar refractivity (Wildman–Crippen MR) is 81.1 cm³/mol. The summed E-state index contributed by atoms with van der Waals surface area (Å²) in [5.74, 6) is 6.20. The molecule has 0 fully saturated rings. The Labute approximate surface area is 121 Å². The molecule has 1 aromatic carbocycles. The van der Waals surface area contributed by atoms with E-state index in [1.54, 1.807) is 6.07 Å². The van der Waals surface area contributed by atoms with E-state index in [1.807, 2.05) is 17.8 Å². The monoisotopic (exact) mass is 334 g/mol. The second-order valence-corrected chi connectivity index (χ2v) is 7.99. The van der Waals surface area contributed by atoms with E-state index in [4.69, 9.17) is 5.84 Å². The Hall–Kier alpha value is -0.100. The molecule has 0 aliphatic carbocycles. The van der Waals surface area contributed by atoms with Gasteiger partial charge in [-0.05, 0) is 24.1 Å². The fraction of sp³-hybridized carbons (Fsp3) is 0.538. The zero-order chi connectivity index (χ0) is 13.8. The summed E-state index contributed by atoms with van der Waals surface area (Å²) >= 11 is 5.07. The molecular weight excluding hydrogens is 315 g/mol. The molecular formula is C13H20BrFN2S. The highest BCUT2D eigenvalue weighted by molar-refractivity contribution is 9.10. The molecule has 0 heterocycles. The maximum absolute atomic E-state index is 13.7. The molecule has 1 unspecified atom stereocenters. The Bertz CT molecular complexity index is 393. The van der Waals surface area contributed by atoms with E-state index in [0.717, 1.165) is 10.2 Å². The van der Waals surface area contributed by atoms with Gasteiger partial charge in [0.15, 0.2) is 0 Å². The van der Waals surface area contributed by atoms with Gasteiger partial charge in [-0.1, -0.05) is 42.8 Å². The van der Waals surface area contributed by atoms with Crippen molar-refractivity contribution in [2.24, 2.45) is 5.84 Å². The first-order valence-corrected chi connectivity index (χ1v) is 7.63. The molecule has 1 atom stereocenters. The number of hydrogen-bond acceptors (Lipinski definition) is 3. The van der Waals surface area contributed by atoms with Gasteiger partial charge < -0.3 is 0 Å². The second kappa shape index (κ2) is 6.89. The number of nitrogens with two attached hydrogens (primary N) is 1. The van der Waals surface area contributed by atoms with E-state index in [-0.39, 0.29) is 16.6 Å². The van der Waals surface area contributed by atoms with Gasteiger partial charge in [0.2, 0.25) is 0 Å². The molecule has 102 valence electrons. The lowest BCUT2D eigenvalue weighted by Gasteiger charge is -2.22. The van der Waals surface area contributed by atoms with Crippen molar-refractivity contribution in [1.29, 1.82) is 0 Å². The van der Waals surface area contributed by atoms with Crippen LogP contribution in [0.4, 0.5) is 4.39 Å². The van der Waals surface area contributed by atoms with Crippen LogP contribution in [0.2, 0.25) is 0 Å². The number of nitrogens with one attached hydrogen (secondary N) is 1. The van der Waals surface area contributed by atoms with Crippen LogP contribution in [-0.2, 0) is 6.42 Å². The number of hydrazine groups is 1. The van der Waals surface area contributed by atoms with Crippen LogP contribution in [0.3, 0.4) is 0 Å². The molecule has 0 radical (unpaired) electrons. The van der Waals surface area contributed by atoms with Crippen molar-refractivity contribution >= 4 is 27.7 Å². The van der Waals surface area contributed by atoms with Crippen LogP contribution in [0.25, 0.3) is 0 Å². The van der Waals surface area contributed by atoms with Crippen molar-refractivity contribution in [2.75, 3.05) is 5.75 Å². The van der Waals surface area contributed by atoms with Crippen molar-refractivity contribution in [3.8, 4) is 0 Å². The third-order valence-electron chi connectivity index (χ3n) is 2.43. The van der Waals surface area contributed by atoms with Crippen molar-refractivity contribution in [3.05, 3.63) is 34.1 Å². The molecule has 5 heteroatoms. The molecule has 2 nitrogen and oxygen atoms in total. The van der Waals surface area contributed by atoms with E-state index in [1.165, 1.54) is 6.07 Å². The van der Waals surface area contributed by atoms with Crippen LogP contribution in [0.1, 0.15) is 26.3 Å². The lowest BCUT2D eigenvalue weighted by atomic mass is 10.1. The van der Waals surface area contributed by atoms with Gasteiger partial charge in [-0.2, -0.15) is 11.8 Å². The molecule has 1 rings (SSSR count). The number of thioether (sulfide) groups is 1. The molecule has 0 aliphatic heterocycles. The van der Waals surface area contributed by atoms with E-state index in [2.05, 4.69) is 42.1 Å². The van der Waals surface area contributed by atoms with Crippen LogP contribution < -0.4 is 11.3 Å². The van der Waals surface area contributed by atoms with Crippen LogP contribution in [-0.4, -0.2) is 16.5 Å². The van der Waals surface area contributed by atoms with Crippen molar-refractivity contribution in [2.45, 2.75) is 38.0 Å². The van der Waals surface area contributed by atoms with Crippen LogP contribution in [0.15, 0.2) is 22.7 Å². The topological polar surface area (TPSA) is 38.0 Å². The van der Waals surface area contributed by atoms with Gasteiger partial charge in [0.05, 0.1) is 0 Å². The summed E-state index contributed by atoms with van der Waals surface area (Å²) in [5.41, 5.74) is 3.46. The summed E-state index contributed by atoms with van der Waals surface area (Å²) in [6.07, 6.45) is 0.596. The smallest absolute Gasteiger partial charge is 0.127 e. The van der Waals surface area contributed by atoms with Crippen molar-refractivity contribution in [1.82, 2.24) is 5.43 Å². The minimum absolute atomic E-state index is 0.0740. The average Bonchev–Trinajstić information content (AvgIpc) is 2.25. The van der Waals surface area contributed by atoms with Gasteiger partial charge in [-0.25, -0.2) is 4.39 Å². The SMILES string of the molecule is CC(C)(C)SCC(Cc1ccc(Br)cc1F)NN. The van der Waals surface area contributed by atoms with E-state index < -0.39 is 0 Å². The number of rotatable bonds is 5. The Balaban J connectivity index is 2.62. The van der Waals surface area contributed by atoms with Crippen LogP contribution >= 0.6 is 27.7 Å². The molecule has 0 aliphatic rings. The first kappa shape index (κ1) is 16.0. The molecule has 0 amide bonds. The molecule has 18 heavy (non-hydrogen) atoms. The van der Waals surface area contributed by atoms with E-state index >= 15 is 0 Å². The summed E-state index contributed by atoms with van der Waals surface area (Å²) in [6.45, 7) is 6.47. The Morgan fingerprint density at radius 1 is 1.44 bits per heavy atom. The minimum Gasteiger partial charge on any atom is -0.271 e. The fourth-order valence-corrected chi connectivity index (χ4v) is 2.72. The van der Waals surface area contributed by atoms with Crippen LogP contribution in [0.5, 0.6) is 0 Å². The summed E-state index contributed by atoms with van der Waals surface area (Å²) in [6, 6.07) is 5.21.